The van der Waals surface area contributed by atoms with Crippen molar-refractivity contribution in [3.8, 4) is 0 Å². The van der Waals surface area contributed by atoms with Crippen LogP contribution in [0.3, 0.4) is 0 Å². The molecule has 2 atom stereocenters. The maximum Gasteiger partial charge on any atom is 0.436 e. The number of amides is 1. The minimum atomic E-state index is -4.58. The number of nitrogens with zero attached hydrogens (tertiary/aromatic N) is 2. The van der Waals surface area contributed by atoms with Crippen LogP contribution in [0.1, 0.15) is 54.9 Å². The van der Waals surface area contributed by atoms with Gasteiger partial charge in [0.2, 0.25) is 5.91 Å². The van der Waals surface area contributed by atoms with E-state index in [1.165, 1.54) is 13.8 Å². The van der Waals surface area contributed by atoms with Crippen LogP contribution >= 0.6 is 15.9 Å². The van der Waals surface area contributed by atoms with E-state index in [0.29, 0.717) is 6.42 Å². The van der Waals surface area contributed by atoms with Crippen LogP contribution in [0.25, 0.3) is 0 Å². The molecule has 0 aliphatic heterocycles. The summed E-state index contributed by atoms with van der Waals surface area (Å²) in [6.07, 6.45) is -3.92. The third-order valence-electron chi connectivity index (χ3n) is 4.30. The summed E-state index contributed by atoms with van der Waals surface area (Å²) in [4.78, 5) is 12.6. The Labute approximate surface area is 158 Å². The molecule has 0 aliphatic carbocycles. The van der Waals surface area contributed by atoms with E-state index in [-0.39, 0.29) is 22.1 Å². The van der Waals surface area contributed by atoms with Crippen molar-refractivity contribution in [1.29, 1.82) is 0 Å². The molecule has 1 amide bonds. The zero-order chi connectivity index (χ0) is 19.6. The van der Waals surface area contributed by atoms with Gasteiger partial charge in [-0.3, -0.25) is 9.48 Å². The highest BCUT2D eigenvalue weighted by Crippen LogP contribution is 2.36. The summed E-state index contributed by atoms with van der Waals surface area (Å²) in [5, 5.41) is 6.50. The zero-order valence-corrected chi connectivity index (χ0v) is 16.6. The van der Waals surface area contributed by atoms with E-state index >= 15 is 0 Å². The van der Waals surface area contributed by atoms with Gasteiger partial charge in [0.1, 0.15) is 6.04 Å². The van der Waals surface area contributed by atoms with Crippen molar-refractivity contribution in [2.75, 3.05) is 0 Å². The summed E-state index contributed by atoms with van der Waals surface area (Å²) in [6, 6.07) is 6.70. The van der Waals surface area contributed by atoms with Gasteiger partial charge in [0.25, 0.3) is 0 Å². The van der Waals surface area contributed by atoms with Crippen molar-refractivity contribution < 1.29 is 18.0 Å². The molecule has 1 heterocycles. The van der Waals surface area contributed by atoms with Gasteiger partial charge in [0.15, 0.2) is 5.69 Å². The Hall–Kier alpha value is -1.83. The van der Waals surface area contributed by atoms with Crippen molar-refractivity contribution in [3.05, 3.63) is 51.3 Å². The Kier molecular flexibility index (Phi) is 6.16. The van der Waals surface area contributed by atoms with Crippen LogP contribution in [0, 0.1) is 13.8 Å². The fourth-order valence-electron chi connectivity index (χ4n) is 2.68. The number of aromatic nitrogens is 2. The van der Waals surface area contributed by atoms with Crippen molar-refractivity contribution in [2.45, 2.75) is 52.4 Å². The van der Waals surface area contributed by atoms with Crippen molar-refractivity contribution in [3.63, 3.8) is 0 Å². The molecule has 0 saturated carbocycles. The van der Waals surface area contributed by atoms with Gasteiger partial charge in [-0.1, -0.05) is 36.8 Å². The van der Waals surface area contributed by atoms with Crippen LogP contribution in [0.4, 0.5) is 13.2 Å². The summed E-state index contributed by atoms with van der Waals surface area (Å²) in [5.41, 5.74) is 1.29. The third kappa shape index (κ3) is 4.28. The molecule has 2 unspecified atom stereocenters. The average molecular weight is 432 g/mol. The molecule has 0 fully saturated rings. The van der Waals surface area contributed by atoms with Gasteiger partial charge in [-0.25, -0.2) is 0 Å². The second kappa shape index (κ2) is 7.82. The quantitative estimate of drug-likeness (QED) is 0.714. The van der Waals surface area contributed by atoms with Gasteiger partial charge in [0, 0.05) is 0 Å². The predicted octanol–water partition coefficient (Wildman–Crippen LogP) is 5.11. The SMILES string of the molecule is CCC(NC(=O)C(C)n1nc(C(F)(F)F)c(Br)c1C)c1ccc(C)cc1. The third-order valence-corrected chi connectivity index (χ3v) is 5.25. The molecule has 0 saturated heterocycles. The van der Waals surface area contributed by atoms with Gasteiger partial charge < -0.3 is 5.32 Å². The molecule has 2 aromatic rings. The van der Waals surface area contributed by atoms with Crippen molar-refractivity contribution in [1.82, 2.24) is 15.1 Å². The van der Waals surface area contributed by atoms with E-state index in [1.54, 1.807) is 0 Å². The van der Waals surface area contributed by atoms with Crippen LogP contribution in [0.2, 0.25) is 0 Å². The van der Waals surface area contributed by atoms with E-state index in [9.17, 15) is 18.0 Å². The molecule has 0 spiro atoms. The number of hydrogen-bond donors (Lipinski definition) is 1. The highest BCUT2D eigenvalue weighted by Gasteiger charge is 2.39. The molecule has 1 aromatic carbocycles. The van der Waals surface area contributed by atoms with Gasteiger partial charge in [-0.05, 0) is 48.7 Å². The summed E-state index contributed by atoms with van der Waals surface area (Å²) >= 11 is 2.93. The van der Waals surface area contributed by atoms with E-state index in [4.69, 9.17) is 0 Å². The Bertz CT molecular complexity index is 784. The highest BCUT2D eigenvalue weighted by atomic mass is 79.9. The molecule has 2 rings (SSSR count). The standard InChI is InChI=1S/C18H21BrF3N3O/c1-5-14(13-8-6-10(2)7-9-13)23-17(26)12(4)25-11(3)15(19)16(24-25)18(20,21)22/h6-9,12,14H,5H2,1-4H3,(H,23,26). The first-order chi connectivity index (χ1) is 12.1. The number of aryl methyl sites for hydroxylation is 1. The summed E-state index contributed by atoms with van der Waals surface area (Å²) in [6.45, 7) is 6.94. The summed E-state index contributed by atoms with van der Waals surface area (Å²) in [5.74, 6) is -0.385. The molecule has 142 valence electrons. The van der Waals surface area contributed by atoms with Gasteiger partial charge in [0.05, 0.1) is 16.2 Å². The molecule has 4 nitrogen and oxygen atoms in total. The first-order valence-corrected chi connectivity index (χ1v) is 9.04. The lowest BCUT2D eigenvalue weighted by Crippen LogP contribution is -2.34. The van der Waals surface area contributed by atoms with Crippen LogP contribution in [0.15, 0.2) is 28.7 Å². The first-order valence-electron chi connectivity index (χ1n) is 8.25. The lowest BCUT2D eigenvalue weighted by atomic mass is 10.0. The molecule has 0 bridgehead atoms. The van der Waals surface area contributed by atoms with Gasteiger partial charge in [-0.2, -0.15) is 18.3 Å². The largest absolute Gasteiger partial charge is 0.436 e. The highest BCUT2D eigenvalue weighted by molar-refractivity contribution is 9.10. The topological polar surface area (TPSA) is 46.9 Å². The van der Waals surface area contributed by atoms with E-state index in [2.05, 4.69) is 26.3 Å². The molecule has 26 heavy (non-hydrogen) atoms. The Morgan fingerprint density at radius 1 is 1.27 bits per heavy atom. The van der Waals surface area contributed by atoms with Gasteiger partial charge >= 0.3 is 6.18 Å². The number of hydrogen-bond acceptors (Lipinski definition) is 2. The summed E-state index contributed by atoms with van der Waals surface area (Å²) in [7, 11) is 0. The van der Waals surface area contributed by atoms with Crippen LogP contribution in [-0.4, -0.2) is 15.7 Å². The lowest BCUT2D eigenvalue weighted by molar-refractivity contribution is -0.142. The maximum atomic E-state index is 13.0. The molecule has 0 radical (unpaired) electrons. The number of alkyl halides is 3. The van der Waals surface area contributed by atoms with Crippen molar-refractivity contribution in [2.24, 2.45) is 0 Å². The van der Waals surface area contributed by atoms with E-state index in [1.807, 2.05) is 38.1 Å². The minimum Gasteiger partial charge on any atom is -0.347 e. The summed E-state index contributed by atoms with van der Waals surface area (Å²) < 4.78 is 40.0. The van der Waals surface area contributed by atoms with Crippen LogP contribution < -0.4 is 5.32 Å². The Morgan fingerprint density at radius 3 is 2.31 bits per heavy atom. The van der Waals surface area contributed by atoms with Crippen molar-refractivity contribution >= 4 is 21.8 Å². The number of carbonyl (C=O) groups is 1. The Morgan fingerprint density at radius 2 is 1.85 bits per heavy atom. The lowest BCUT2D eigenvalue weighted by Gasteiger charge is -2.21. The maximum absolute atomic E-state index is 13.0. The molecule has 0 aliphatic rings. The smallest absolute Gasteiger partial charge is 0.347 e. The van der Waals surface area contributed by atoms with Gasteiger partial charge in [-0.15, -0.1) is 0 Å². The fraction of sp³-hybridized carbons (Fsp3) is 0.444. The number of carbonyl (C=O) groups excluding carboxylic acids is 1. The molecule has 1 aromatic heterocycles. The molecule has 8 heteroatoms. The minimum absolute atomic E-state index is 0.143. The second-order valence-corrected chi connectivity index (χ2v) is 7.04. The zero-order valence-electron chi connectivity index (χ0n) is 15.0. The number of rotatable bonds is 5. The predicted molar refractivity (Wildman–Crippen MR) is 96.7 cm³/mol. The molecular formula is C18H21BrF3N3O. The average Bonchev–Trinajstić information content (AvgIpc) is 2.88. The molecule has 1 N–H and O–H groups in total. The normalized spacial score (nSPS) is 14.2. The fourth-order valence-corrected chi connectivity index (χ4v) is 3.17. The number of nitrogens with one attached hydrogen (secondary N) is 1. The number of benzene rings is 1. The molecular weight excluding hydrogens is 411 g/mol. The monoisotopic (exact) mass is 431 g/mol. The Balaban J connectivity index is 2.23. The second-order valence-electron chi connectivity index (χ2n) is 6.25. The van der Waals surface area contributed by atoms with E-state index in [0.717, 1.165) is 15.8 Å². The van der Waals surface area contributed by atoms with Crippen LogP contribution in [-0.2, 0) is 11.0 Å². The van der Waals surface area contributed by atoms with E-state index < -0.39 is 17.9 Å². The number of halogens is 4. The van der Waals surface area contributed by atoms with Crippen LogP contribution in [0.5, 0.6) is 0 Å². The first kappa shape index (κ1) is 20.5.